The van der Waals surface area contributed by atoms with Gasteiger partial charge in [-0.3, -0.25) is 0 Å². The number of ether oxygens (including phenoxy) is 1. The normalized spacial score (nSPS) is 12.8. The maximum Gasteiger partial charge on any atom is 0.130 e. The number of benzene rings is 1. The van der Waals surface area contributed by atoms with Gasteiger partial charge in [0, 0.05) is 30.8 Å². The minimum Gasteiger partial charge on any atom is -0.380 e. The number of nitrogens with one attached hydrogen (secondary N) is 1. The summed E-state index contributed by atoms with van der Waals surface area (Å²) in [7, 11) is 0. The molecule has 0 aliphatic heterocycles. The van der Waals surface area contributed by atoms with Crippen LogP contribution in [0.4, 0.5) is 8.78 Å². The maximum atomic E-state index is 13.4. The summed E-state index contributed by atoms with van der Waals surface area (Å²) in [4.78, 5) is 0. The molecular weight excluding hydrogens is 212 g/mol. The molecule has 1 aromatic carbocycles. The minimum absolute atomic E-state index is 0.152. The predicted molar refractivity (Wildman–Crippen MR) is 59.3 cm³/mol. The van der Waals surface area contributed by atoms with Gasteiger partial charge in [-0.25, -0.2) is 8.78 Å². The molecule has 0 aliphatic rings. The molecule has 1 aromatic rings. The van der Waals surface area contributed by atoms with Crippen molar-refractivity contribution in [1.29, 1.82) is 0 Å². The molecule has 4 heteroatoms. The zero-order valence-corrected chi connectivity index (χ0v) is 9.59. The van der Waals surface area contributed by atoms with E-state index in [4.69, 9.17) is 4.74 Å². The van der Waals surface area contributed by atoms with E-state index in [1.54, 1.807) is 0 Å². The lowest BCUT2D eigenvalue weighted by Crippen LogP contribution is -2.24. The Morgan fingerprint density at radius 3 is 2.75 bits per heavy atom. The molecule has 16 heavy (non-hydrogen) atoms. The maximum absolute atomic E-state index is 13.4. The van der Waals surface area contributed by atoms with Crippen LogP contribution in [0, 0.1) is 11.6 Å². The Balaban J connectivity index is 2.49. The van der Waals surface area contributed by atoms with E-state index < -0.39 is 11.6 Å². The molecule has 0 bridgehead atoms. The van der Waals surface area contributed by atoms with E-state index in [0.29, 0.717) is 25.3 Å². The fourth-order valence-corrected chi connectivity index (χ4v) is 1.45. The molecule has 0 aliphatic carbocycles. The van der Waals surface area contributed by atoms with Gasteiger partial charge >= 0.3 is 0 Å². The van der Waals surface area contributed by atoms with Crippen LogP contribution >= 0.6 is 0 Å². The Morgan fingerprint density at radius 2 is 2.12 bits per heavy atom. The number of halogens is 2. The van der Waals surface area contributed by atoms with Gasteiger partial charge in [-0.15, -0.1) is 0 Å². The first kappa shape index (κ1) is 13.1. The van der Waals surface area contributed by atoms with Gasteiger partial charge in [-0.05, 0) is 19.9 Å². The molecule has 0 aromatic heterocycles. The van der Waals surface area contributed by atoms with Crippen molar-refractivity contribution in [3.05, 3.63) is 35.4 Å². The molecule has 90 valence electrons. The molecule has 1 rings (SSSR count). The second kappa shape index (κ2) is 6.55. The zero-order chi connectivity index (χ0) is 12.0. The van der Waals surface area contributed by atoms with Crippen LogP contribution in [0.1, 0.15) is 25.5 Å². The van der Waals surface area contributed by atoms with E-state index in [1.807, 2.05) is 13.8 Å². The Bertz CT molecular complexity index is 331. The van der Waals surface area contributed by atoms with Crippen LogP contribution in [0.25, 0.3) is 0 Å². The van der Waals surface area contributed by atoms with Crippen molar-refractivity contribution >= 4 is 0 Å². The minimum atomic E-state index is -0.553. The first-order chi connectivity index (χ1) is 7.65. The van der Waals surface area contributed by atoms with Gasteiger partial charge < -0.3 is 10.1 Å². The van der Waals surface area contributed by atoms with Crippen molar-refractivity contribution in [1.82, 2.24) is 5.32 Å². The summed E-state index contributed by atoms with van der Waals surface area (Å²) < 4.78 is 31.2. The highest BCUT2D eigenvalue weighted by Gasteiger charge is 2.10. The first-order valence-corrected chi connectivity index (χ1v) is 5.41. The van der Waals surface area contributed by atoms with Gasteiger partial charge in [0.1, 0.15) is 11.6 Å². The molecule has 0 spiro atoms. The van der Waals surface area contributed by atoms with Crippen molar-refractivity contribution < 1.29 is 13.5 Å². The molecule has 0 radical (unpaired) electrons. The van der Waals surface area contributed by atoms with E-state index in [0.717, 1.165) is 6.07 Å². The van der Waals surface area contributed by atoms with Gasteiger partial charge in [0.25, 0.3) is 0 Å². The van der Waals surface area contributed by atoms with Crippen molar-refractivity contribution in [3.8, 4) is 0 Å². The molecule has 0 heterocycles. The molecule has 1 atom stereocenters. The Kier molecular flexibility index (Phi) is 5.35. The summed E-state index contributed by atoms with van der Waals surface area (Å²) in [5.74, 6) is -1.07. The second-order valence-electron chi connectivity index (χ2n) is 3.54. The van der Waals surface area contributed by atoms with E-state index >= 15 is 0 Å². The van der Waals surface area contributed by atoms with E-state index in [9.17, 15) is 8.78 Å². The van der Waals surface area contributed by atoms with Crippen molar-refractivity contribution in [2.75, 3.05) is 19.8 Å². The van der Waals surface area contributed by atoms with Crippen LogP contribution in [-0.4, -0.2) is 19.8 Å². The van der Waals surface area contributed by atoms with Crippen LogP contribution in [0.15, 0.2) is 18.2 Å². The quantitative estimate of drug-likeness (QED) is 0.757. The van der Waals surface area contributed by atoms with Crippen molar-refractivity contribution in [2.24, 2.45) is 0 Å². The molecule has 0 saturated carbocycles. The lowest BCUT2D eigenvalue weighted by atomic mass is 10.1. The number of rotatable bonds is 6. The predicted octanol–water partition coefficient (Wildman–Crippen LogP) is 2.65. The van der Waals surface area contributed by atoms with E-state index in [1.165, 1.54) is 12.1 Å². The fourth-order valence-electron chi connectivity index (χ4n) is 1.45. The average molecular weight is 229 g/mol. The highest BCUT2D eigenvalue weighted by atomic mass is 19.1. The molecule has 0 fully saturated rings. The smallest absolute Gasteiger partial charge is 0.130 e. The Hall–Kier alpha value is -1.00. The van der Waals surface area contributed by atoms with Crippen LogP contribution in [0.3, 0.4) is 0 Å². The third-order valence-corrected chi connectivity index (χ3v) is 2.33. The SMILES string of the molecule is CCOCCNC(C)c1ccc(F)cc1F. The fraction of sp³-hybridized carbons (Fsp3) is 0.500. The molecule has 0 amide bonds. The monoisotopic (exact) mass is 229 g/mol. The summed E-state index contributed by atoms with van der Waals surface area (Å²) >= 11 is 0. The second-order valence-corrected chi connectivity index (χ2v) is 3.54. The van der Waals surface area contributed by atoms with Crippen molar-refractivity contribution in [2.45, 2.75) is 19.9 Å². The summed E-state index contributed by atoms with van der Waals surface area (Å²) in [6.07, 6.45) is 0. The van der Waals surface area contributed by atoms with Gasteiger partial charge in [0.05, 0.1) is 6.61 Å². The number of hydrogen-bond acceptors (Lipinski definition) is 2. The van der Waals surface area contributed by atoms with Gasteiger partial charge in [-0.2, -0.15) is 0 Å². The van der Waals surface area contributed by atoms with Gasteiger partial charge in [-0.1, -0.05) is 6.07 Å². The topological polar surface area (TPSA) is 21.3 Å². The third kappa shape index (κ3) is 3.87. The van der Waals surface area contributed by atoms with E-state index in [2.05, 4.69) is 5.32 Å². The number of hydrogen-bond donors (Lipinski definition) is 1. The largest absolute Gasteiger partial charge is 0.380 e. The molecule has 2 nitrogen and oxygen atoms in total. The zero-order valence-electron chi connectivity index (χ0n) is 9.59. The van der Waals surface area contributed by atoms with E-state index in [-0.39, 0.29) is 6.04 Å². The van der Waals surface area contributed by atoms with Gasteiger partial charge in [0.2, 0.25) is 0 Å². The lowest BCUT2D eigenvalue weighted by Gasteiger charge is -2.14. The van der Waals surface area contributed by atoms with Crippen molar-refractivity contribution in [3.63, 3.8) is 0 Å². The summed E-state index contributed by atoms with van der Waals surface area (Å²) in [6, 6.07) is 3.47. The van der Waals surface area contributed by atoms with Crippen LogP contribution in [-0.2, 0) is 4.74 Å². The van der Waals surface area contributed by atoms with Crippen LogP contribution in [0.5, 0.6) is 0 Å². The molecule has 1 N–H and O–H groups in total. The summed E-state index contributed by atoms with van der Waals surface area (Å²) in [5.41, 5.74) is 0.470. The Labute approximate surface area is 94.6 Å². The highest BCUT2D eigenvalue weighted by Crippen LogP contribution is 2.17. The molecule has 0 saturated heterocycles. The lowest BCUT2D eigenvalue weighted by molar-refractivity contribution is 0.147. The first-order valence-electron chi connectivity index (χ1n) is 5.41. The molecular formula is C12H17F2NO. The standard InChI is InChI=1S/C12H17F2NO/c1-3-16-7-6-15-9(2)11-5-4-10(13)8-12(11)14/h4-5,8-9,15H,3,6-7H2,1-2H3. The Morgan fingerprint density at radius 1 is 1.38 bits per heavy atom. The van der Waals surface area contributed by atoms with Crippen LogP contribution < -0.4 is 5.32 Å². The van der Waals surface area contributed by atoms with Gasteiger partial charge in [0.15, 0.2) is 0 Å². The third-order valence-electron chi connectivity index (χ3n) is 2.33. The summed E-state index contributed by atoms with van der Waals surface area (Å²) in [6.45, 7) is 5.65. The summed E-state index contributed by atoms with van der Waals surface area (Å²) in [5, 5.41) is 3.11. The van der Waals surface area contributed by atoms with Crippen LogP contribution in [0.2, 0.25) is 0 Å². The molecule has 1 unspecified atom stereocenters. The average Bonchev–Trinajstić information content (AvgIpc) is 2.24. The highest BCUT2D eigenvalue weighted by molar-refractivity contribution is 5.21.